The summed E-state index contributed by atoms with van der Waals surface area (Å²) in [5.41, 5.74) is 0.105. The van der Waals surface area contributed by atoms with Crippen molar-refractivity contribution in [3.63, 3.8) is 0 Å². The van der Waals surface area contributed by atoms with Gasteiger partial charge < -0.3 is 20.7 Å². The average Bonchev–Trinajstić information content (AvgIpc) is 2.41. The summed E-state index contributed by atoms with van der Waals surface area (Å²) in [5, 5.41) is 7.14. The molecule has 22 heavy (non-hydrogen) atoms. The van der Waals surface area contributed by atoms with E-state index in [-0.39, 0.29) is 18.1 Å². The van der Waals surface area contributed by atoms with Crippen molar-refractivity contribution in [1.29, 1.82) is 0 Å². The predicted octanol–water partition coefficient (Wildman–Crippen LogP) is 2.23. The summed E-state index contributed by atoms with van der Waals surface area (Å²) in [7, 11) is 0. The fraction of sp³-hybridized carbons (Fsp3) is 0.385. The van der Waals surface area contributed by atoms with Gasteiger partial charge in [-0.2, -0.15) is 0 Å². The van der Waals surface area contributed by atoms with Gasteiger partial charge in [-0.15, -0.1) is 13.2 Å². The molecule has 1 rings (SSSR count). The second kappa shape index (κ2) is 8.11. The first kappa shape index (κ1) is 17.6. The predicted molar refractivity (Wildman–Crippen MR) is 73.4 cm³/mol. The van der Waals surface area contributed by atoms with Gasteiger partial charge in [-0.3, -0.25) is 4.79 Å². The Balaban J connectivity index is 2.47. The molecule has 0 spiro atoms. The average molecular weight is 319 g/mol. The Morgan fingerprint density at radius 3 is 2.59 bits per heavy atom. The Morgan fingerprint density at radius 2 is 1.95 bits per heavy atom. The number of carbonyl (C=O) groups excluding carboxylic acids is 2. The highest BCUT2D eigenvalue weighted by molar-refractivity contribution is 5.92. The number of anilines is 1. The Labute approximate surface area is 125 Å². The fourth-order valence-electron chi connectivity index (χ4n) is 1.43. The highest BCUT2D eigenvalue weighted by Gasteiger charge is 2.31. The Hall–Kier alpha value is -2.45. The number of alkyl halides is 3. The first-order valence-corrected chi connectivity index (χ1v) is 6.47. The number of rotatable bonds is 6. The smallest absolute Gasteiger partial charge is 0.406 e. The second-order valence-electron chi connectivity index (χ2n) is 4.23. The monoisotopic (exact) mass is 319 g/mol. The van der Waals surface area contributed by atoms with Crippen LogP contribution < -0.4 is 20.7 Å². The molecule has 0 aliphatic carbocycles. The second-order valence-corrected chi connectivity index (χ2v) is 4.23. The van der Waals surface area contributed by atoms with Crippen LogP contribution in [0.1, 0.15) is 13.3 Å². The molecule has 0 unspecified atom stereocenters. The molecule has 0 aliphatic rings. The molecule has 0 heterocycles. The Kier molecular flexibility index (Phi) is 6.48. The highest BCUT2D eigenvalue weighted by atomic mass is 19.4. The van der Waals surface area contributed by atoms with E-state index in [1.165, 1.54) is 12.1 Å². The number of halogens is 3. The summed E-state index contributed by atoms with van der Waals surface area (Å²) in [6.07, 6.45) is -4.04. The molecule has 6 nitrogen and oxygen atoms in total. The molecule has 9 heteroatoms. The van der Waals surface area contributed by atoms with Crippen LogP contribution in [0.2, 0.25) is 0 Å². The standard InChI is InChI=1S/C13H16F3N3O3/c1-2-6-17-11(20)8-18-12(21)19-9-4-3-5-10(7-9)22-13(14,15)16/h3-5,7H,2,6,8H2,1H3,(H,17,20)(H2,18,19,21). The third-order valence-electron chi connectivity index (χ3n) is 2.31. The zero-order chi connectivity index (χ0) is 16.6. The highest BCUT2D eigenvalue weighted by Crippen LogP contribution is 2.24. The molecule has 0 fully saturated rings. The van der Waals surface area contributed by atoms with E-state index >= 15 is 0 Å². The van der Waals surface area contributed by atoms with Gasteiger partial charge >= 0.3 is 12.4 Å². The van der Waals surface area contributed by atoms with Crippen molar-refractivity contribution >= 4 is 17.6 Å². The Morgan fingerprint density at radius 1 is 1.23 bits per heavy atom. The van der Waals surface area contributed by atoms with Crippen LogP contribution in [0.4, 0.5) is 23.7 Å². The fourth-order valence-corrected chi connectivity index (χ4v) is 1.43. The van der Waals surface area contributed by atoms with Gasteiger partial charge in [0.05, 0.1) is 6.54 Å². The van der Waals surface area contributed by atoms with E-state index in [9.17, 15) is 22.8 Å². The number of nitrogens with one attached hydrogen (secondary N) is 3. The van der Waals surface area contributed by atoms with E-state index in [1.54, 1.807) is 0 Å². The van der Waals surface area contributed by atoms with E-state index < -0.39 is 18.1 Å². The summed E-state index contributed by atoms with van der Waals surface area (Å²) in [6.45, 7) is 2.15. The van der Waals surface area contributed by atoms with E-state index in [4.69, 9.17) is 0 Å². The van der Waals surface area contributed by atoms with Crippen LogP contribution in [0.5, 0.6) is 5.75 Å². The first-order valence-electron chi connectivity index (χ1n) is 6.47. The number of benzene rings is 1. The maximum absolute atomic E-state index is 12.1. The summed E-state index contributed by atoms with van der Waals surface area (Å²) in [4.78, 5) is 22.8. The molecular weight excluding hydrogens is 303 g/mol. The summed E-state index contributed by atoms with van der Waals surface area (Å²) in [5.74, 6) is -0.808. The minimum absolute atomic E-state index is 0.105. The van der Waals surface area contributed by atoms with Gasteiger partial charge in [-0.05, 0) is 18.6 Å². The summed E-state index contributed by atoms with van der Waals surface area (Å²) < 4.78 is 40.0. The zero-order valence-electron chi connectivity index (χ0n) is 11.8. The van der Waals surface area contributed by atoms with Gasteiger partial charge in [0.1, 0.15) is 5.75 Å². The number of carbonyl (C=O) groups is 2. The van der Waals surface area contributed by atoms with Gasteiger partial charge in [0.2, 0.25) is 5.91 Å². The lowest BCUT2D eigenvalue weighted by molar-refractivity contribution is -0.274. The van der Waals surface area contributed by atoms with Gasteiger partial charge in [0.25, 0.3) is 0 Å². The maximum Gasteiger partial charge on any atom is 0.573 e. The van der Waals surface area contributed by atoms with Crippen molar-refractivity contribution in [2.75, 3.05) is 18.4 Å². The molecule has 0 aliphatic heterocycles. The van der Waals surface area contributed by atoms with Crippen molar-refractivity contribution in [2.24, 2.45) is 0 Å². The van der Waals surface area contributed by atoms with Crippen molar-refractivity contribution in [3.8, 4) is 5.75 Å². The van der Waals surface area contributed by atoms with Crippen LogP contribution in [0.25, 0.3) is 0 Å². The van der Waals surface area contributed by atoms with Crippen LogP contribution in [-0.2, 0) is 4.79 Å². The molecule has 0 radical (unpaired) electrons. The lowest BCUT2D eigenvalue weighted by Gasteiger charge is -2.11. The van der Waals surface area contributed by atoms with Crippen LogP contribution in [0.3, 0.4) is 0 Å². The maximum atomic E-state index is 12.1. The van der Waals surface area contributed by atoms with E-state index in [0.29, 0.717) is 6.54 Å². The van der Waals surface area contributed by atoms with E-state index in [2.05, 4.69) is 20.7 Å². The molecular formula is C13H16F3N3O3. The molecule has 3 N–H and O–H groups in total. The zero-order valence-corrected chi connectivity index (χ0v) is 11.8. The first-order chi connectivity index (χ1) is 10.3. The number of urea groups is 1. The molecule has 3 amide bonds. The lowest BCUT2D eigenvalue weighted by Crippen LogP contribution is -2.39. The summed E-state index contributed by atoms with van der Waals surface area (Å²) >= 11 is 0. The molecule has 0 bridgehead atoms. The molecule has 1 aromatic rings. The minimum atomic E-state index is -4.81. The van der Waals surface area contributed by atoms with Gasteiger partial charge in [-0.25, -0.2) is 4.79 Å². The van der Waals surface area contributed by atoms with Crippen LogP contribution in [-0.4, -0.2) is 31.4 Å². The number of hydrogen-bond donors (Lipinski definition) is 3. The molecule has 1 aromatic carbocycles. The van der Waals surface area contributed by atoms with Crippen LogP contribution in [0, 0.1) is 0 Å². The molecule has 122 valence electrons. The molecule has 0 aromatic heterocycles. The minimum Gasteiger partial charge on any atom is -0.406 e. The van der Waals surface area contributed by atoms with E-state index in [1.807, 2.05) is 6.92 Å². The number of ether oxygens (including phenoxy) is 1. The van der Waals surface area contributed by atoms with Gasteiger partial charge in [-0.1, -0.05) is 13.0 Å². The third kappa shape index (κ3) is 7.36. The number of amides is 3. The SMILES string of the molecule is CCCNC(=O)CNC(=O)Nc1cccc(OC(F)(F)F)c1. The quantitative estimate of drug-likeness (QED) is 0.752. The normalized spacial score (nSPS) is 10.7. The third-order valence-corrected chi connectivity index (χ3v) is 2.31. The van der Waals surface area contributed by atoms with Gasteiger partial charge in [0, 0.05) is 18.3 Å². The van der Waals surface area contributed by atoms with Crippen molar-refractivity contribution in [3.05, 3.63) is 24.3 Å². The molecule has 0 atom stereocenters. The summed E-state index contributed by atoms with van der Waals surface area (Å²) in [6, 6.07) is 4.10. The Bertz CT molecular complexity index is 521. The van der Waals surface area contributed by atoms with Crippen LogP contribution in [0.15, 0.2) is 24.3 Å². The number of hydrogen-bond acceptors (Lipinski definition) is 3. The topological polar surface area (TPSA) is 79.5 Å². The van der Waals surface area contributed by atoms with Crippen molar-refractivity contribution < 1.29 is 27.5 Å². The van der Waals surface area contributed by atoms with E-state index in [0.717, 1.165) is 18.6 Å². The molecule has 0 saturated carbocycles. The van der Waals surface area contributed by atoms with Crippen molar-refractivity contribution in [1.82, 2.24) is 10.6 Å². The van der Waals surface area contributed by atoms with Gasteiger partial charge in [0.15, 0.2) is 0 Å². The van der Waals surface area contributed by atoms with Crippen molar-refractivity contribution in [2.45, 2.75) is 19.7 Å². The largest absolute Gasteiger partial charge is 0.573 e. The van der Waals surface area contributed by atoms with Crippen LogP contribution >= 0.6 is 0 Å². The molecule has 0 saturated heterocycles. The lowest BCUT2D eigenvalue weighted by atomic mass is 10.3.